The van der Waals surface area contributed by atoms with Crippen molar-refractivity contribution in [3.05, 3.63) is 54.3 Å². The van der Waals surface area contributed by atoms with Gasteiger partial charge in [0.15, 0.2) is 5.75 Å². The molecule has 0 unspecified atom stereocenters. The van der Waals surface area contributed by atoms with Gasteiger partial charge in [0.2, 0.25) is 0 Å². The largest absolute Gasteiger partial charge is 0.503 e. The molecule has 0 aliphatic rings. The summed E-state index contributed by atoms with van der Waals surface area (Å²) >= 11 is 0. The summed E-state index contributed by atoms with van der Waals surface area (Å²) < 4.78 is 17.7. The number of aromatic nitrogens is 2. The zero-order valence-electron chi connectivity index (χ0n) is 11.2. The van der Waals surface area contributed by atoms with Crippen LogP contribution in [-0.2, 0) is 0 Å². The Bertz CT molecular complexity index is 837. The lowest BCUT2D eigenvalue weighted by Gasteiger charge is -2.08. The molecule has 0 bridgehead atoms. The molecule has 7 heteroatoms. The second kappa shape index (κ2) is 5.65. The number of carbonyl (C=O) groups excluding carboxylic acids is 1. The minimum absolute atomic E-state index is 0.278. The van der Waals surface area contributed by atoms with E-state index in [0.717, 1.165) is 0 Å². The van der Waals surface area contributed by atoms with Crippen molar-refractivity contribution in [2.45, 2.75) is 0 Å². The SMILES string of the molecule is O=C(Nc1ccc(F)cc1)Oc1nnc2ccccc2c1O. The molecule has 1 heterocycles. The van der Waals surface area contributed by atoms with Gasteiger partial charge in [-0.05, 0) is 36.4 Å². The first-order valence-corrected chi connectivity index (χ1v) is 6.32. The van der Waals surface area contributed by atoms with Crippen LogP contribution in [0.4, 0.5) is 14.9 Å². The van der Waals surface area contributed by atoms with E-state index in [0.29, 0.717) is 16.6 Å². The van der Waals surface area contributed by atoms with Crippen LogP contribution in [0.5, 0.6) is 11.6 Å². The second-order valence-corrected chi connectivity index (χ2v) is 4.39. The molecular weight excluding hydrogens is 289 g/mol. The molecular formula is C15H10FN3O3. The summed E-state index contributed by atoms with van der Waals surface area (Å²) in [6, 6.07) is 11.9. The number of fused-ring (bicyclic) bond motifs is 1. The van der Waals surface area contributed by atoms with Crippen molar-refractivity contribution in [2.24, 2.45) is 0 Å². The minimum Gasteiger partial charge on any atom is -0.503 e. The van der Waals surface area contributed by atoms with Crippen molar-refractivity contribution in [3.8, 4) is 11.6 Å². The molecule has 1 amide bonds. The van der Waals surface area contributed by atoms with Gasteiger partial charge in [-0.1, -0.05) is 12.1 Å². The number of amides is 1. The zero-order chi connectivity index (χ0) is 15.5. The molecule has 0 fully saturated rings. The highest BCUT2D eigenvalue weighted by molar-refractivity contribution is 5.89. The number of nitrogens with one attached hydrogen (secondary N) is 1. The van der Waals surface area contributed by atoms with Crippen LogP contribution in [0.25, 0.3) is 10.9 Å². The number of nitrogens with zero attached hydrogens (tertiary/aromatic N) is 2. The van der Waals surface area contributed by atoms with Crippen molar-refractivity contribution in [1.82, 2.24) is 10.2 Å². The molecule has 2 aromatic carbocycles. The topological polar surface area (TPSA) is 84.3 Å². The monoisotopic (exact) mass is 299 g/mol. The van der Waals surface area contributed by atoms with E-state index < -0.39 is 11.9 Å². The van der Waals surface area contributed by atoms with Crippen LogP contribution in [0.3, 0.4) is 0 Å². The van der Waals surface area contributed by atoms with Gasteiger partial charge in [-0.2, -0.15) is 0 Å². The maximum absolute atomic E-state index is 12.8. The van der Waals surface area contributed by atoms with Crippen molar-refractivity contribution in [2.75, 3.05) is 5.32 Å². The van der Waals surface area contributed by atoms with E-state index in [-0.39, 0.29) is 11.6 Å². The summed E-state index contributed by atoms with van der Waals surface area (Å²) in [5, 5.41) is 20.4. The molecule has 0 saturated carbocycles. The van der Waals surface area contributed by atoms with Gasteiger partial charge in [-0.15, -0.1) is 10.2 Å². The second-order valence-electron chi connectivity index (χ2n) is 4.39. The highest BCUT2D eigenvalue weighted by atomic mass is 19.1. The Hall–Kier alpha value is -3.22. The maximum Gasteiger partial charge on any atom is 0.418 e. The number of anilines is 1. The minimum atomic E-state index is -0.869. The molecule has 22 heavy (non-hydrogen) atoms. The highest BCUT2D eigenvalue weighted by Crippen LogP contribution is 2.30. The number of hydrogen-bond donors (Lipinski definition) is 2. The Balaban J connectivity index is 1.79. The molecule has 3 rings (SSSR count). The fraction of sp³-hybridized carbons (Fsp3) is 0. The first-order chi connectivity index (χ1) is 10.6. The Morgan fingerprint density at radius 1 is 1.09 bits per heavy atom. The third-order valence-electron chi connectivity index (χ3n) is 2.89. The quantitative estimate of drug-likeness (QED) is 0.759. The van der Waals surface area contributed by atoms with Crippen molar-refractivity contribution < 1.29 is 19.0 Å². The third-order valence-corrected chi connectivity index (χ3v) is 2.89. The summed E-state index contributed by atoms with van der Waals surface area (Å²) in [6.07, 6.45) is -0.869. The maximum atomic E-state index is 12.8. The van der Waals surface area contributed by atoms with E-state index >= 15 is 0 Å². The van der Waals surface area contributed by atoms with E-state index in [9.17, 15) is 14.3 Å². The standard InChI is InChI=1S/C15H10FN3O3/c16-9-5-7-10(8-6-9)17-15(21)22-14-13(20)11-3-1-2-4-12(11)18-19-14/h1-8H,(H,17,21)(H,18,20). The van der Waals surface area contributed by atoms with Gasteiger partial charge in [-0.3, -0.25) is 5.32 Å². The van der Waals surface area contributed by atoms with Crippen LogP contribution in [0.2, 0.25) is 0 Å². The molecule has 3 aromatic rings. The first kappa shape index (κ1) is 13.7. The van der Waals surface area contributed by atoms with E-state index in [4.69, 9.17) is 4.74 Å². The first-order valence-electron chi connectivity index (χ1n) is 6.32. The third kappa shape index (κ3) is 2.78. The molecule has 0 saturated heterocycles. The van der Waals surface area contributed by atoms with Crippen LogP contribution in [0, 0.1) is 5.82 Å². The normalized spacial score (nSPS) is 10.4. The number of carbonyl (C=O) groups is 1. The van der Waals surface area contributed by atoms with Crippen molar-refractivity contribution in [3.63, 3.8) is 0 Å². The van der Waals surface area contributed by atoms with Crippen LogP contribution in [0.15, 0.2) is 48.5 Å². The van der Waals surface area contributed by atoms with E-state index in [1.165, 1.54) is 24.3 Å². The average molecular weight is 299 g/mol. The summed E-state index contributed by atoms with van der Waals surface area (Å²) in [6.45, 7) is 0. The van der Waals surface area contributed by atoms with Crippen molar-refractivity contribution >= 4 is 22.7 Å². The van der Waals surface area contributed by atoms with E-state index in [2.05, 4.69) is 15.5 Å². The van der Waals surface area contributed by atoms with Gasteiger partial charge in [0.05, 0.1) is 5.52 Å². The molecule has 6 nitrogen and oxygen atoms in total. The molecule has 2 N–H and O–H groups in total. The summed E-state index contributed by atoms with van der Waals surface area (Å²) in [5.41, 5.74) is 0.825. The van der Waals surface area contributed by atoms with Gasteiger partial charge in [0.25, 0.3) is 5.88 Å². The summed E-state index contributed by atoms with van der Waals surface area (Å²) in [4.78, 5) is 11.7. The predicted molar refractivity (Wildman–Crippen MR) is 77.2 cm³/mol. The summed E-state index contributed by atoms with van der Waals surface area (Å²) in [7, 11) is 0. The molecule has 0 atom stereocenters. The molecule has 0 spiro atoms. The number of rotatable bonds is 2. The highest BCUT2D eigenvalue weighted by Gasteiger charge is 2.14. The Morgan fingerprint density at radius 3 is 2.59 bits per heavy atom. The Kier molecular flexibility index (Phi) is 3.53. The number of benzene rings is 2. The molecule has 0 radical (unpaired) electrons. The summed E-state index contributed by atoms with van der Waals surface area (Å²) in [5.74, 6) is -1.00. The van der Waals surface area contributed by atoms with E-state index in [1.807, 2.05) is 0 Å². The van der Waals surface area contributed by atoms with Gasteiger partial charge in [0.1, 0.15) is 5.82 Å². The lowest BCUT2D eigenvalue weighted by atomic mass is 10.2. The van der Waals surface area contributed by atoms with Gasteiger partial charge >= 0.3 is 6.09 Å². The van der Waals surface area contributed by atoms with Crippen molar-refractivity contribution in [1.29, 1.82) is 0 Å². The zero-order valence-corrected chi connectivity index (χ0v) is 11.2. The molecule has 1 aromatic heterocycles. The number of aromatic hydroxyl groups is 1. The fourth-order valence-electron chi connectivity index (χ4n) is 1.86. The Morgan fingerprint density at radius 2 is 1.82 bits per heavy atom. The fourth-order valence-corrected chi connectivity index (χ4v) is 1.86. The number of ether oxygens (including phenoxy) is 1. The van der Waals surface area contributed by atoms with Gasteiger partial charge < -0.3 is 9.84 Å². The lowest BCUT2D eigenvalue weighted by molar-refractivity contribution is 0.210. The number of hydrogen-bond acceptors (Lipinski definition) is 5. The van der Waals surface area contributed by atoms with Crippen LogP contribution >= 0.6 is 0 Å². The van der Waals surface area contributed by atoms with Crippen LogP contribution in [0.1, 0.15) is 0 Å². The number of halogens is 1. The smallest absolute Gasteiger partial charge is 0.418 e. The van der Waals surface area contributed by atoms with Crippen LogP contribution in [-0.4, -0.2) is 21.4 Å². The van der Waals surface area contributed by atoms with Gasteiger partial charge in [0, 0.05) is 11.1 Å². The predicted octanol–water partition coefficient (Wildman–Crippen LogP) is 3.09. The Labute approximate surface area is 124 Å². The van der Waals surface area contributed by atoms with E-state index in [1.54, 1.807) is 24.3 Å². The lowest BCUT2D eigenvalue weighted by Crippen LogP contribution is -2.17. The molecule has 0 aliphatic heterocycles. The van der Waals surface area contributed by atoms with Crippen LogP contribution < -0.4 is 10.1 Å². The molecule has 0 aliphatic carbocycles. The molecule has 110 valence electrons. The average Bonchev–Trinajstić information content (AvgIpc) is 2.53. The van der Waals surface area contributed by atoms with Gasteiger partial charge in [-0.25, -0.2) is 9.18 Å².